The smallest absolute Gasteiger partial charge is 0.337 e. The van der Waals surface area contributed by atoms with Gasteiger partial charge in [-0.2, -0.15) is 0 Å². The number of anilines is 3. The van der Waals surface area contributed by atoms with Crippen LogP contribution in [0.2, 0.25) is 0 Å². The van der Waals surface area contributed by atoms with E-state index in [1.165, 1.54) is 13.2 Å². The first-order valence-electron chi connectivity index (χ1n) is 8.83. The highest BCUT2D eigenvalue weighted by Crippen LogP contribution is 2.18. The maximum absolute atomic E-state index is 13.7. The Morgan fingerprint density at radius 1 is 1.07 bits per heavy atom. The highest BCUT2D eigenvalue weighted by Gasteiger charge is 2.07. The van der Waals surface area contributed by atoms with Crippen molar-refractivity contribution in [3.63, 3.8) is 0 Å². The fourth-order valence-electron chi connectivity index (χ4n) is 2.70. The van der Waals surface area contributed by atoms with E-state index in [-0.39, 0.29) is 11.8 Å². The lowest BCUT2D eigenvalue weighted by Gasteiger charge is -2.11. The molecule has 144 valence electrons. The number of ether oxygens (including phenoxy) is 1. The Bertz CT molecular complexity index is 961. The second-order valence-electron chi connectivity index (χ2n) is 6.15. The molecule has 0 saturated carbocycles. The van der Waals surface area contributed by atoms with Crippen molar-refractivity contribution in [2.75, 3.05) is 24.3 Å². The lowest BCUT2D eigenvalue weighted by atomic mass is 10.1. The van der Waals surface area contributed by atoms with E-state index in [2.05, 4.69) is 20.6 Å². The van der Waals surface area contributed by atoms with E-state index in [0.717, 1.165) is 5.69 Å². The third-order valence-electron chi connectivity index (χ3n) is 4.07. The summed E-state index contributed by atoms with van der Waals surface area (Å²) in [5, 5.41) is 6.38. The van der Waals surface area contributed by atoms with Crippen LogP contribution >= 0.6 is 0 Å². The molecule has 0 unspecified atom stereocenters. The number of nitrogens with one attached hydrogen (secondary N) is 2. The SMILES string of the molecule is COC(=O)c1ccc(Nc2cc(NCCc3ccccc3F)nc(C)n2)cc1. The molecular formula is C21H21FN4O2. The van der Waals surface area contributed by atoms with Crippen LogP contribution in [-0.4, -0.2) is 29.6 Å². The van der Waals surface area contributed by atoms with Gasteiger partial charge in [-0.25, -0.2) is 19.2 Å². The van der Waals surface area contributed by atoms with Gasteiger partial charge in [-0.05, 0) is 49.2 Å². The highest BCUT2D eigenvalue weighted by molar-refractivity contribution is 5.89. The van der Waals surface area contributed by atoms with Crippen molar-refractivity contribution < 1.29 is 13.9 Å². The maximum Gasteiger partial charge on any atom is 0.337 e. The van der Waals surface area contributed by atoms with Gasteiger partial charge in [0.25, 0.3) is 0 Å². The Morgan fingerprint density at radius 2 is 1.79 bits per heavy atom. The summed E-state index contributed by atoms with van der Waals surface area (Å²) in [7, 11) is 1.35. The molecule has 0 spiro atoms. The summed E-state index contributed by atoms with van der Waals surface area (Å²) in [6.45, 7) is 2.35. The molecule has 1 aromatic heterocycles. The topological polar surface area (TPSA) is 76.1 Å². The van der Waals surface area contributed by atoms with Crippen molar-refractivity contribution in [2.45, 2.75) is 13.3 Å². The number of benzene rings is 2. The lowest BCUT2D eigenvalue weighted by Crippen LogP contribution is -2.09. The van der Waals surface area contributed by atoms with Gasteiger partial charge in [0.05, 0.1) is 12.7 Å². The summed E-state index contributed by atoms with van der Waals surface area (Å²) in [5.74, 6) is 1.28. The second kappa shape index (κ2) is 8.94. The number of hydrogen-bond donors (Lipinski definition) is 2. The van der Waals surface area contributed by atoms with Crippen LogP contribution in [0.4, 0.5) is 21.7 Å². The Morgan fingerprint density at radius 3 is 2.50 bits per heavy atom. The summed E-state index contributed by atoms with van der Waals surface area (Å²) >= 11 is 0. The van der Waals surface area contributed by atoms with Crippen LogP contribution in [-0.2, 0) is 11.2 Å². The summed E-state index contributed by atoms with van der Waals surface area (Å²) in [4.78, 5) is 20.2. The predicted molar refractivity (Wildman–Crippen MR) is 106 cm³/mol. The van der Waals surface area contributed by atoms with Crippen LogP contribution in [0.3, 0.4) is 0 Å². The first-order valence-corrected chi connectivity index (χ1v) is 8.83. The number of halogens is 1. The number of carbonyl (C=O) groups is 1. The van der Waals surface area contributed by atoms with Gasteiger partial charge >= 0.3 is 5.97 Å². The highest BCUT2D eigenvalue weighted by atomic mass is 19.1. The van der Waals surface area contributed by atoms with Crippen molar-refractivity contribution in [3.05, 3.63) is 77.4 Å². The average molecular weight is 380 g/mol. The normalized spacial score (nSPS) is 10.4. The van der Waals surface area contributed by atoms with Crippen LogP contribution < -0.4 is 10.6 Å². The fraction of sp³-hybridized carbons (Fsp3) is 0.190. The van der Waals surface area contributed by atoms with Crippen LogP contribution in [0.15, 0.2) is 54.6 Å². The number of aromatic nitrogens is 2. The molecule has 0 radical (unpaired) electrons. The molecule has 0 amide bonds. The largest absolute Gasteiger partial charge is 0.465 e. The van der Waals surface area contributed by atoms with Crippen molar-refractivity contribution >= 4 is 23.3 Å². The number of carbonyl (C=O) groups excluding carboxylic acids is 1. The van der Waals surface area contributed by atoms with Gasteiger partial charge in [-0.1, -0.05) is 18.2 Å². The molecular weight excluding hydrogens is 359 g/mol. The van der Waals surface area contributed by atoms with Crippen LogP contribution in [0.25, 0.3) is 0 Å². The Labute approximate surface area is 162 Å². The molecule has 0 fully saturated rings. The van der Waals surface area contributed by atoms with E-state index in [9.17, 15) is 9.18 Å². The number of aryl methyl sites for hydroxylation is 1. The minimum atomic E-state index is -0.384. The molecule has 0 aliphatic carbocycles. The van der Waals surface area contributed by atoms with Gasteiger partial charge in [0.15, 0.2) is 0 Å². The van der Waals surface area contributed by atoms with Gasteiger partial charge < -0.3 is 15.4 Å². The quantitative estimate of drug-likeness (QED) is 0.601. The zero-order chi connectivity index (χ0) is 19.9. The average Bonchev–Trinajstić information content (AvgIpc) is 2.69. The molecule has 3 rings (SSSR count). The molecule has 0 aliphatic heterocycles. The van der Waals surface area contributed by atoms with E-state index in [1.54, 1.807) is 49.4 Å². The van der Waals surface area contributed by atoms with Crippen molar-refractivity contribution in [1.29, 1.82) is 0 Å². The third-order valence-corrected chi connectivity index (χ3v) is 4.07. The summed E-state index contributed by atoms with van der Waals surface area (Å²) < 4.78 is 18.4. The van der Waals surface area contributed by atoms with Crippen molar-refractivity contribution in [3.8, 4) is 0 Å². The number of rotatable bonds is 7. The first-order chi connectivity index (χ1) is 13.5. The van der Waals surface area contributed by atoms with E-state index < -0.39 is 0 Å². The first kappa shape index (κ1) is 19.3. The molecule has 0 saturated heterocycles. The van der Waals surface area contributed by atoms with Crippen LogP contribution in [0.5, 0.6) is 0 Å². The number of hydrogen-bond acceptors (Lipinski definition) is 6. The molecule has 0 bridgehead atoms. The standard InChI is InChI=1S/C21H21FN4O2/c1-14-24-19(23-12-11-15-5-3-4-6-18(15)22)13-20(25-14)26-17-9-7-16(8-10-17)21(27)28-2/h3-10,13H,11-12H2,1-2H3,(H2,23,24,25,26). The molecule has 2 aromatic carbocycles. The summed E-state index contributed by atoms with van der Waals surface area (Å²) in [6, 6.07) is 15.4. The molecule has 7 heteroatoms. The number of methoxy groups -OCH3 is 1. The molecule has 6 nitrogen and oxygen atoms in total. The molecule has 1 heterocycles. The van der Waals surface area contributed by atoms with E-state index in [1.807, 2.05) is 6.07 Å². The van der Waals surface area contributed by atoms with E-state index in [0.29, 0.717) is 41.6 Å². The Balaban J connectivity index is 1.64. The number of nitrogens with zero attached hydrogens (tertiary/aromatic N) is 2. The van der Waals surface area contributed by atoms with Gasteiger partial charge in [-0.15, -0.1) is 0 Å². The molecule has 0 aliphatic rings. The Kier molecular flexibility index (Phi) is 6.16. The van der Waals surface area contributed by atoms with E-state index in [4.69, 9.17) is 4.74 Å². The zero-order valence-corrected chi connectivity index (χ0v) is 15.7. The minimum Gasteiger partial charge on any atom is -0.465 e. The maximum atomic E-state index is 13.7. The molecule has 28 heavy (non-hydrogen) atoms. The second-order valence-corrected chi connectivity index (χ2v) is 6.15. The van der Waals surface area contributed by atoms with Crippen molar-refractivity contribution in [2.24, 2.45) is 0 Å². The summed E-state index contributed by atoms with van der Waals surface area (Å²) in [5.41, 5.74) is 1.91. The summed E-state index contributed by atoms with van der Waals surface area (Å²) in [6.07, 6.45) is 0.549. The fourth-order valence-corrected chi connectivity index (χ4v) is 2.70. The monoisotopic (exact) mass is 380 g/mol. The molecule has 0 atom stereocenters. The van der Waals surface area contributed by atoms with E-state index >= 15 is 0 Å². The van der Waals surface area contributed by atoms with Gasteiger partial charge in [0, 0.05) is 18.3 Å². The minimum absolute atomic E-state index is 0.207. The lowest BCUT2D eigenvalue weighted by molar-refractivity contribution is 0.0601. The number of esters is 1. The van der Waals surface area contributed by atoms with Gasteiger partial charge in [-0.3, -0.25) is 0 Å². The van der Waals surface area contributed by atoms with Crippen LogP contribution in [0.1, 0.15) is 21.7 Å². The van der Waals surface area contributed by atoms with Crippen LogP contribution in [0, 0.1) is 12.7 Å². The molecule has 2 N–H and O–H groups in total. The van der Waals surface area contributed by atoms with Gasteiger partial charge in [0.1, 0.15) is 23.3 Å². The zero-order valence-electron chi connectivity index (χ0n) is 15.7. The van der Waals surface area contributed by atoms with Gasteiger partial charge in [0.2, 0.25) is 0 Å². The van der Waals surface area contributed by atoms with Crippen molar-refractivity contribution in [1.82, 2.24) is 9.97 Å². The molecule has 3 aromatic rings. The Hall–Kier alpha value is -3.48. The third kappa shape index (κ3) is 5.03. The predicted octanol–water partition coefficient (Wildman–Crippen LogP) is 4.11.